The first-order valence-electron chi connectivity index (χ1n) is 6.27. The van der Waals surface area contributed by atoms with Crippen LogP contribution in [0.4, 0.5) is 0 Å². The van der Waals surface area contributed by atoms with Gasteiger partial charge in [-0.1, -0.05) is 29.5 Å². The van der Waals surface area contributed by atoms with E-state index >= 15 is 0 Å². The maximum Gasteiger partial charge on any atom is 0.286 e. The van der Waals surface area contributed by atoms with Gasteiger partial charge < -0.3 is 4.74 Å². The second-order valence-electron chi connectivity index (χ2n) is 4.49. The van der Waals surface area contributed by atoms with Gasteiger partial charge in [0.2, 0.25) is 0 Å². The Hall–Kier alpha value is -2.69. The molecule has 0 aliphatic carbocycles. The third-order valence-electron chi connectivity index (χ3n) is 2.94. The van der Waals surface area contributed by atoms with Crippen molar-refractivity contribution in [3.63, 3.8) is 0 Å². The van der Waals surface area contributed by atoms with Crippen LogP contribution in [0.3, 0.4) is 0 Å². The lowest BCUT2D eigenvalue weighted by Crippen LogP contribution is -2.20. The molecule has 0 aliphatic heterocycles. The van der Waals surface area contributed by atoms with Crippen LogP contribution in [0.25, 0.3) is 11.0 Å². The Labute approximate surface area is 115 Å². The van der Waals surface area contributed by atoms with E-state index in [9.17, 15) is 4.79 Å². The molecule has 0 radical (unpaired) electrons. The topological polar surface area (TPSA) is 57.0 Å². The molecular formula is C15H13N3O2. The SMILES string of the molecule is Cc1cccc(OCC(=O)n2nnc3ccccc32)c1. The maximum atomic E-state index is 12.1. The van der Waals surface area contributed by atoms with Gasteiger partial charge >= 0.3 is 0 Å². The molecule has 0 spiro atoms. The molecule has 0 unspecified atom stereocenters. The van der Waals surface area contributed by atoms with Crippen LogP contribution in [0.1, 0.15) is 10.4 Å². The number of carbonyl (C=O) groups is 1. The van der Waals surface area contributed by atoms with E-state index in [0.29, 0.717) is 16.8 Å². The zero-order chi connectivity index (χ0) is 13.9. The van der Waals surface area contributed by atoms with Gasteiger partial charge in [0.25, 0.3) is 5.91 Å². The Bertz CT molecular complexity index is 764. The highest BCUT2D eigenvalue weighted by molar-refractivity contribution is 5.89. The van der Waals surface area contributed by atoms with Gasteiger partial charge in [-0.05, 0) is 36.8 Å². The molecule has 20 heavy (non-hydrogen) atoms. The summed E-state index contributed by atoms with van der Waals surface area (Å²) in [6.45, 7) is 1.90. The molecule has 1 aromatic heterocycles. The van der Waals surface area contributed by atoms with E-state index in [1.807, 2.05) is 49.4 Å². The second kappa shape index (κ2) is 5.13. The molecule has 5 heteroatoms. The van der Waals surface area contributed by atoms with Crippen molar-refractivity contribution in [2.24, 2.45) is 0 Å². The molecule has 2 aromatic carbocycles. The van der Waals surface area contributed by atoms with Crippen LogP contribution in [0.15, 0.2) is 48.5 Å². The van der Waals surface area contributed by atoms with Gasteiger partial charge in [-0.2, -0.15) is 4.68 Å². The lowest BCUT2D eigenvalue weighted by molar-refractivity contribution is 0.0824. The average molecular weight is 267 g/mol. The van der Waals surface area contributed by atoms with E-state index < -0.39 is 0 Å². The number of hydrogen-bond donors (Lipinski definition) is 0. The molecule has 0 bridgehead atoms. The second-order valence-corrected chi connectivity index (χ2v) is 4.49. The summed E-state index contributed by atoms with van der Waals surface area (Å²) in [5.41, 5.74) is 2.46. The number of ether oxygens (including phenoxy) is 1. The summed E-state index contributed by atoms with van der Waals surface area (Å²) in [5, 5.41) is 7.81. The predicted molar refractivity (Wildman–Crippen MR) is 74.8 cm³/mol. The fourth-order valence-corrected chi connectivity index (χ4v) is 1.96. The Morgan fingerprint density at radius 2 is 2.05 bits per heavy atom. The highest BCUT2D eigenvalue weighted by Crippen LogP contribution is 2.13. The highest BCUT2D eigenvalue weighted by Gasteiger charge is 2.12. The van der Waals surface area contributed by atoms with Gasteiger partial charge in [0, 0.05) is 0 Å². The molecule has 0 amide bonds. The zero-order valence-corrected chi connectivity index (χ0v) is 11.0. The largest absolute Gasteiger partial charge is 0.484 e. The minimum absolute atomic E-state index is 0.0726. The molecule has 5 nitrogen and oxygen atoms in total. The van der Waals surface area contributed by atoms with Crippen LogP contribution < -0.4 is 4.74 Å². The minimum atomic E-state index is -0.250. The van der Waals surface area contributed by atoms with Gasteiger partial charge in [-0.25, -0.2) is 0 Å². The van der Waals surface area contributed by atoms with Crippen LogP contribution in [-0.2, 0) is 0 Å². The quantitative estimate of drug-likeness (QED) is 0.731. The molecule has 0 aliphatic rings. The molecule has 3 aromatic rings. The van der Waals surface area contributed by atoms with Crippen LogP contribution >= 0.6 is 0 Å². The monoisotopic (exact) mass is 267 g/mol. The number of aryl methyl sites for hydroxylation is 1. The van der Waals surface area contributed by atoms with E-state index in [2.05, 4.69) is 10.3 Å². The summed E-state index contributed by atoms with van der Waals surface area (Å²) in [6, 6.07) is 14.9. The summed E-state index contributed by atoms with van der Waals surface area (Å²) in [5.74, 6) is 0.419. The highest BCUT2D eigenvalue weighted by atomic mass is 16.5. The van der Waals surface area contributed by atoms with Crippen molar-refractivity contribution >= 4 is 16.9 Å². The molecule has 0 saturated carbocycles. The molecule has 0 N–H and O–H groups in total. The lowest BCUT2D eigenvalue weighted by Gasteiger charge is -2.06. The van der Waals surface area contributed by atoms with Crippen molar-refractivity contribution in [1.82, 2.24) is 15.0 Å². The predicted octanol–water partition coefficient (Wildman–Crippen LogP) is 2.46. The third kappa shape index (κ3) is 2.38. The molecule has 3 rings (SSSR count). The maximum absolute atomic E-state index is 12.1. The van der Waals surface area contributed by atoms with Gasteiger partial charge in [0.05, 0.1) is 5.52 Å². The Balaban J connectivity index is 1.76. The zero-order valence-electron chi connectivity index (χ0n) is 11.0. The first-order chi connectivity index (χ1) is 9.74. The van der Waals surface area contributed by atoms with E-state index in [0.717, 1.165) is 5.56 Å². The minimum Gasteiger partial charge on any atom is -0.484 e. The summed E-state index contributed by atoms with van der Waals surface area (Å²) >= 11 is 0. The normalized spacial score (nSPS) is 10.7. The van der Waals surface area contributed by atoms with Crippen molar-refractivity contribution in [2.45, 2.75) is 6.92 Å². The fourth-order valence-electron chi connectivity index (χ4n) is 1.96. The van der Waals surface area contributed by atoms with Gasteiger partial charge in [-0.3, -0.25) is 4.79 Å². The molecule has 0 fully saturated rings. The van der Waals surface area contributed by atoms with Crippen LogP contribution in [-0.4, -0.2) is 27.5 Å². The van der Waals surface area contributed by atoms with Crippen LogP contribution in [0.2, 0.25) is 0 Å². The summed E-state index contributed by atoms with van der Waals surface area (Å²) in [7, 11) is 0. The number of hydrogen-bond acceptors (Lipinski definition) is 4. The smallest absolute Gasteiger partial charge is 0.286 e. The van der Waals surface area contributed by atoms with Gasteiger partial charge in [0.1, 0.15) is 11.3 Å². The van der Waals surface area contributed by atoms with E-state index in [-0.39, 0.29) is 12.5 Å². The first-order valence-corrected chi connectivity index (χ1v) is 6.27. The Morgan fingerprint density at radius 3 is 2.90 bits per heavy atom. The van der Waals surface area contributed by atoms with Crippen molar-refractivity contribution < 1.29 is 9.53 Å². The van der Waals surface area contributed by atoms with E-state index in [1.165, 1.54) is 4.68 Å². The molecule has 0 saturated heterocycles. The van der Waals surface area contributed by atoms with Gasteiger partial charge in [0.15, 0.2) is 6.61 Å². The average Bonchev–Trinajstić information content (AvgIpc) is 2.89. The summed E-state index contributed by atoms with van der Waals surface area (Å²) < 4.78 is 6.75. The summed E-state index contributed by atoms with van der Waals surface area (Å²) in [4.78, 5) is 12.1. The van der Waals surface area contributed by atoms with E-state index in [4.69, 9.17) is 4.74 Å². The number of aromatic nitrogens is 3. The number of para-hydroxylation sites is 1. The summed E-state index contributed by atoms with van der Waals surface area (Å²) in [6.07, 6.45) is 0. The van der Waals surface area contributed by atoms with Gasteiger partial charge in [-0.15, -0.1) is 5.10 Å². The number of rotatable bonds is 3. The third-order valence-corrected chi connectivity index (χ3v) is 2.94. The molecule has 1 heterocycles. The molecule has 0 atom stereocenters. The van der Waals surface area contributed by atoms with Crippen molar-refractivity contribution in [3.05, 3.63) is 54.1 Å². The van der Waals surface area contributed by atoms with Crippen molar-refractivity contribution in [1.29, 1.82) is 0 Å². The van der Waals surface area contributed by atoms with Crippen molar-refractivity contribution in [3.8, 4) is 5.75 Å². The lowest BCUT2D eigenvalue weighted by atomic mass is 10.2. The number of carbonyl (C=O) groups excluding carboxylic acids is 1. The molecule has 100 valence electrons. The Morgan fingerprint density at radius 1 is 1.20 bits per heavy atom. The number of benzene rings is 2. The van der Waals surface area contributed by atoms with E-state index in [1.54, 1.807) is 6.07 Å². The standard InChI is InChI=1S/C15H13N3O2/c1-11-5-4-6-12(9-11)20-10-15(19)18-14-8-3-2-7-13(14)16-17-18/h2-9H,10H2,1H3. The number of nitrogens with zero attached hydrogens (tertiary/aromatic N) is 3. The molecular weight excluding hydrogens is 254 g/mol. The Kier molecular flexibility index (Phi) is 3.16. The van der Waals surface area contributed by atoms with Crippen LogP contribution in [0.5, 0.6) is 5.75 Å². The van der Waals surface area contributed by atoms with Crippen molar-refractivity contribution in [2.75, 3.05) is 6.61 Å². The number of fused-ring (bicyclic) bond motifs is 1. The fraction of sp³-hybridized carbons (Fsp3) is 0.133. The van der Waals surface area contributed by atoms with Crippen LogP contribution in [0, 0.1) is 6.92 Å². The first kappa shape index (κ1) is 12.3.